The van der Waals surface area contributed by atoms with Gasteiger partial charge in [0.2, 0.25) is 5.91 Å². The molecule has 1 atom stereocenters. The zero-order valence-electron chi connectivity index (χ0n) is 14.1. The van der Waals surface area contributed by atoms with Crippen LogP contribution < -0.4 is 20.1 Å². The van der Waals surface area contributed by atoms with Gasteiger partial charge in [-0.2, -0.15) is 0 Å². The Morgan fingerprint density at radius 2 is 1.92 bits per heavy atom. The molecule has 1 aliphatic rings. The predicted molar refractivity (Wildman–Crippen MR) is 96.4 cm³/mol. The fraction of sp³-hybridized carbons (Fsp3) is 0.333. The third kappa shape index (κ3) is 3.93. The Balaban J connectivity index is 1.72. The summed E-state index contributed by atoms with van der Waals surface area (Å²) in [5.41, 5.74) is 0.963. The molecule has 1 aromatic heterocycles. The van der Waals surface area contributed by atoms with Crippen molar-refractivity contribution in [2.75, 3.05) is 19.8 Å². The summed E-state index contributed by atoms with van der Waals surface area (Å²) in [4.78, 5) is 25.5. The van der Waals surface area contributed by atoms with Gasteiger partial charge in [0.1, 0.15) is 19.3 Å². The van der Waals surface area contributed by atoms with Gasteiger partial charge >= 0.3 is 0 Å². The fourth-order valence-corrected chi connectivity index (χ4v) is 3.38. The topological polar surface area (TPSA) is 76.7 Å². The van der Waals surface area contributed by atoms with Crippen molar-refractivity contribution in [2.45, 2.75) is 19.9 Å². The summed E-state index contributed by atoms with van der Waals surface area (Å²) in [6.45, 7) is 5.13. The van der Waals surface area contributed by atoms with Gasteiger partial charge in [0.05, 0.1) is 4.88 Å². The van der Waals surface area contributed by atoms with E-state index in [1.807, 2.05) is 31.2 Å². The normalized spacial score (nSPS) is 13.8. The number of hydrogen-bond donors (Lipinski definition) is 2. The number of carbonyl (C=O) groups excluding carboxylic acids is 2. The van der Waals surface area contributed by atoms with Crippen LogP contribution in [0, 0.1) is 0 Å². The molecule has 1 aliphatic heterocycles. The van der Waals surface area contributed by atoms with E-state index in [2.05, 4.69) is 10.6 Å². The van der Waals surface area contributed by atoms with Crippen molar-refractivity contribution < 1.29 is 19.1 Å². The summed E-state index contributed by atoms with van der Waals surface area (Å²) in [6.07, 6.45) is 0. The largest absolute Gasteiger partial charge is 0.486 e. The monoisotopic (exact) mass is 360 g/mol. The molecule has 0 spiro atoms. The number of rotatable bonds is 5. The van der Waals surface area contributed by atoms with Crippen molar-refractivity contribution in [1.82, 2.24) is 10.6 Å². The third-order valence-electron chi connectivity index (χ3n) is 3.75. The minimum absolute atomic E-state index is 0.195. The second-order valence-electron chi connectivity index (χ2n) is 5.61. The van der Waals surface area contributed by atoms with Crippen LogP contribution in [0.25, 0.3) is 10.4 Å². The number of likely N-dealkylation sites (N-methyl/N-ethyl adjacent to an activating group) is 1. The molecule has 0 radical (unpaired) electrons. The molecule has 0 fully saturated rings. The number of carbonyl (C=O) groups is 2. The highest BCUT2D eigenvalue weighted by molar-refractivity contribution is 7.17. The number of thiophene rings is 1. The van der Waals surface area contributed by atoms with Crippen molar-refractivity contribution >= 4 is 23.2 Å². The lowest BCUT2D eigenvalue weighted by Crippen LogP contribution is -2.44. The number of amides is 2. The van der Waals surface area contributed by atoms with Gasteiger partial charge in [-0.25, -0.2) is 0 Å². The minimum Gasteiger partial charge on any atom is -0.486 e. The Morgan fingerprint density at radius 1 is 1.16 bits per heavy atom. The molecular formula is C18H20N2O4S. The van der Waals surface area contributed by atoms with Gasteiger partial charge in [0.15, 0.2) is 11.5 Å². The number of ether oxygens (including phenoxy) is 2. The second-order valence-corrected chi connectivity index (χ2v) is 6.70. The van der Waals surface area contributed by atoms with Crippen molar-refractivity contribution in [3.63, 3.8) is 0 Å². The molecule has 2 heterocycles. The standard InChI is InChI=1S/C18H20N2O4S/c1-3-19-17(21)11(2)20-18(22)16-7-6-15(25-16)12-4-5-13-14(10-12)24-9-8-23-13/h4-7,10-11H,3,8-9H2,1-2H3,(H,19,21)(H,20,22)/t11-/m1/s1. The molecule has 3 rings (SSSR count). The van der Waals surface area contributed by atoms with Gasteiger partial charge in [-0.3, -0.25) is 9.59 Å². The molecule has 2 amide bonds. The molecule has 132 valence electrons. The number of nitrogens with one attached hydrogen (secondary N) is 2. The maximum atomic E-state index is 12.3. The summed E-state index contributed by atoms with van der Waals surface area (Å²) in [7, 11) is 0. The van der Waals surface area contributed by atoms with Crippen LogP contribution in [0.4, 0.5) is 0 Å². The lowest BCUT2D eigenvalue weighted by Gasteiger charge is -2.18. The first kappa shape index (κ1) is 17.3. The lowest BCUT2D eigenvalue weighted by molar-refractivity contribution is -0.122. The van der Waals surface area contributed by atoms with Gasteiger partial charge in [-0.05, 0) is 49.7 Å². The summed E-state index contributed by atoms with van der Waals surface area (Å²) in [6, 6.07) is 8.81. The van der Waals surface area contributed by atoms with E-state index in [9.17, 15) is 9.59 Å². The van der Waals surface area contributed by atoms with Gasteiger partial charge in [-0.15, -0.1) is 11.3 Å². The highest BCUT2D eigenvalue weighted by Crippen LogP contribution is 2.36. The average Bonchev–Trinajstić information content (AvgIpc) is 3.11. The Kier molecular flexibility index (Phi) is 5.23. The van der Waals surface area contributed by atoms with Gasteiger partial charge in [-0.1, -0.05) is 0 Å². The Hall–Kier alpha value is -2.54. The minimum atomic E-state index is -0.577. The van der Waals surface area contributed by atoms with E-state index in [1.54, 1.807) is 13.0 Å². The molecule has 0 aliphatic carbocycles. The number of fused-ring (bicyclic) bond motifs is 1. The first-order valence-electron chi connectivity index (χ1n) is 8.17. The Bertz CT molecular complexity index is 787. The van der Waals surface area contributed by atoms with E-state index >= 15 is 0 Å². The SMILES string of the molecule is CCNC(=O)[C@@H](C)NC(=O)c1ccc(-c2ccc3c(c2)OCCO3)s1. The molecule has 0 saturated carbocycles. The van der Waals surface area contributed by atoms with E-state index in [0.717, 1.165) is 16.2 Å². The van der Waals surface area contributed by atoms with Crippen LogP contribution in [0.3, 0.4) is 0 Å². The van der Waals surface area contributed by atoms with E-state index in [4.69, 9.17) is 9.47 Å². The predicted octanol–water partition coefficient (Wildman–Crippen LogP) is 2.44. The maximum Gasteiger partial charge on any atom is 0.262 e. The molecule has 0 bridgehead atoms. The van der Waals surface area contributed by atoms with E-state index < -0.39 is 6.04 Å². The zero-order valence-corrected chi connectivity index (χ0v) is 14.9. The first-order chi connectivity index (χ1) is 12.1. The van der Waals surface area contributed by atoms with E-state index in [-0.39, 0.29) is 11.8 Å². The molecule has 2 N–H and O–H groups in total. The molecule has 0 unspecified atom stereocenters. The molecule has 6 nitrogen and oxygen atoms in total. The van der Waals surface area contributed by atoms with Crippen LogP contribution in [-0.2, 0) is 4.79 Å². The van der Waals surface area contributed by atoms with Crippen LogP contribution in [0.2, 0.25) is 0 Å². The van der Waals surface area contributed by atoms with Crippen molar-refractivity contribution in [3.05, 3.63) is 35.2 Å². The van der Waals surface area contributed by atoms with Crippen LogP contribution in [-0.4, -0.2) is 37.6 Å². The maximum absolute atomic E-state index is 12.3. The molecule has 0 saturated heterocycles. The van der Waals surface area contributed by atoms with Crippen LogP contribution in [0.1, 0.15) is 23.5 Å². The molecule has 1 aromatic carbocycles. The fourth-order valence-electron chi connectivity index (χ4n) is 2.47. The molecular weight excluding hydrogens is 340 g/mol. The second kappa shape index (κ2) is 7.57. The summed E-state index contributed by atoms with van der Waals surface area (Å²) in [5.74, 6) is 1.00. The smallest absolute Gasteiger partial charge is 0.262 e. The van der Waals surface area contributed by atoms with Crippen molar-refractivity contribution in [3.8, 4) is 21.9 Å². The first-order valence-corrected chi connectivity index (χ1v) is 8.98. The molecule has 7 heteroatoms. The molecule has 25 heavy (non-hydrogen) atoms. The lowest BCUT2D eigenvalue weighted by atomic mass is 10.1. The third-order valence-corrected chi connectivity index (χ3v) is 4.88. The van der Waals surface area contributed by atoms with Gasteiger partial charge in [0.25, 0.3) is 5.91 Å². The highest BCUT2D eigenvalue weighted by Gasteiger charge is 2.18. The Morgan fingerprint density at radius 3 is 2.68 bits per heavy atom. The molecule has 2 aromatic rings. The van der Waals surface area contributed by atoms with Gasteiger partial charge < -0.3 is 20.1 Å². The van der Waals surface area contributed by atoms with Crippen molar-refractivity contribution in [1.29, 1.82) is 0 Å². The Labute approximate surface area is 150 Å². The summed E-state index contributed by atoms with van der Waals surface area (Å²) < 4.78 is 11.1. The highest BCUT2D eigenvalue weighted by atomic mass is 32.1. The van der Waals surface area contributed by atoms with Crippen LogP contribution >= 0.6 is 11.3 Å². The number of benzene rings is 1. The number of hydrogen-bond acceptors (Lipinski definition) is 5. The summed E-state index contributed by atoms with van der Waals surface area (Å²) >= 11 is 1.37. The van der Waals surface area contributed by atoms with Gasteiger partial charge in [0, 0.05) is 11.4 Å². The quantitative estimate of drug-likeness (QED) is 0.859. The van der Waals surface area contributed by atoms with E-state index in [0.29, 0.717) is 30.4 Å². The average molecular weight is 360 g/mol. The van der Waals surface area contributed by atoms with E-state index in [1.165, 1.54) is 11.3 Å². The van der Waals surface area contributed by atoms with Crippen molar-refractivity contribution in [2.24, 2.45) is 0 Å². The summed E-state index contributed by atoms with van der Waals surface area (Å²) in [5, 5.41) is 5.40. The van der Waals surface area contributed by atoms with Crippen LogP contribution in [0.5, 0.6) is 11.5 Å². The zero-order chi connectivity index (χ0) is 17.8. The van der Waals surface area contributed by atoms with Crippen LogP contribution in [0.15, 0.2) is 30.3 Å².